The van der Waals surface area contributed by atoms with Crippen molar-refractivity contribution in [2.24, 2.45) is 5.41 Å². The van der Waals surface area contributed by atoms with Gasteiger partial charge in [0, 0.05) is 0 Å². The molecule has 9 heteroatoms. The second kappa shape index (κ2) is 7.04. The molecule has 0 aromatic heterocycles. The predicted octanol–water partition coefficient (Wildman–Crippen LogP) is 3.10. The van der Waals surface area contributed by atoms with Gasteiger partial charge in [0.1, 0.15) is 19.6 Å². The number of hydrogen-bond acceptors (Lipinski definition) is 4. The lowest BCUT2D eigenvalue weighted by Crippen LogP contribution is -2.39. The van der Waals surface area contributed by atoms with Gasteiger partial charge in [0.25, 0.3) is 0 Å². The summed E-state index contributed by atoms with van der Waals surface area (Å²) >= 11 is 0. The Morgan fingerprint density at radius 2 is 1.43 bits per heavy atom. The molecule has 0 amide bonds. The zero-order chi connectivity index (χ0) is 16.9. The molecule has 0 saturated carbocycles. The summed E-state index contributed by atoms with van der Waals surface area (Å²) in [6.07, 6.45) is -7.43. The third-order valence-corrected chi connectivity index (χ3v) is 2.80. The van der Waals surface area contributed by atoms with E-state index in [0.717, 1.165) is 0 Å². The van der Waals surface area contributed by atoms with E-state index >= 15 is 0 Å². The number of rotatable bonds is 7. The van der Waals surface area contributed by atoms with Gasteiger partial charge in [-0.25, -0.2) is 0 Å². The fourth-order valence-corrected chi connectivity index (χ4v) is 0.962. The monoisotopic (exact) mass is 320 g/mol. The van der Waals surface area contributed by atoms with Crippen LogP contribution in [-0.2, 0) is 19.1 Å². The van der Waals surface area contributed by atoms with Crippen molar-refractivity contribution in [3.8, 4) is 0 Å². The zero-order valence-electron chi connectivity index (χ0n) is 11.9. The van der Waals surface area contributed by atoms with Gasteiger partial charge in [-0.05, 0) is 20.3 Å². The minimum Gasteiger partial charge on any atom is -0.462 e. The predicted molar refractivity (Wildman–Crippen MR) is 61.6 cm³/mol. The molecule has 0 aliphatic rings. The van der Waals surface area contributed by atoms with Gasteiger partial charge < -0.3 is 9.47 Å². The third kappa shape index (κ3) is 6.26. The van der Waals surface area contributed by atoms with E-state index in [1.54, 1.807) is 20.8 Å². The van der Waals surface area contributed by atoms with E-state index in [4.69, 9.17) is 4.74 Å². The highest BCUT2D eigenvalue weighted by Gasteiger charge is 2.58. The summed E-state index contributed by atoms with van der Waals surface area (Å²) in [5, 5.41) is 0. The number of hydrogen-bond donors (Lipinski definition) is 0. The van der Waals surface area contributed by atoms with Crippen molar-refractivity contribution in [2.75, 3.05) is 13.2 Å². The van der Waals surface area contributed by atoms with E-state index in [0.29, 0.717) is 6.42 Å². The van der Waals surface area contributed by atoms with Crippen LogP contribution in [0.5, 0.6) is 0 Å². The fourth-order valence-electron chi connectivity index (χ4n) is 0.962. The Hall–Kier alpha value is -1.41. The van der Waals surface area contributed by atoms with Crippen molar-refractivity contribution in [2.45, 2.75) is 45.7 Å². The molecular weight excluding hydrogens is 303 g/mol. The van der Waals surface area contributed by atoms with Crippen LogP contribution in [0.25, 0.3) is 0 Å². The Bertz CT molecular complexity index is 376. The maximum atomic E-state index is 12.5. The molecule has 0 rings (SSSR count). The van der Waals surface area contributed by atoms with Gasteiger partial charge in [0.2, 0.25) is 0 Å². The van der Waals surface area contributed by atoms with E-state index in [2.05, 4.69) is 4.74 Å². The molecule has 0 bridgehead atoms. The molecule has 0 fully saturated rings. The first-order chi connectivity index (χ1) is 9.33. The highest BCUT2D eigenvalue weighted by Crippen LogP contribution is 2.38. The summed E-state index contributed by atoms with van der Waals surface area (Å²) in [7, 11) is 0. The molecule has 0 N–H and O–H groups in total. The van der Waals surface area contributed by atoms with Crippen molar-refractivity contribution < 1.29 is 41.0 Å². The van der Waals surface area contributed by atoms with Crippen molar-refractivity contribution >= 4 is 11.9 Å². The maximum absolute atomic E-state index is 12.5. The first-order valence-corrected chi connectivity index (χ1v) is 6.11. The van der Waals surface area contributed by atoms with Gasteiger partial charge in [0.15, 0.2) is 0 Å². The standard InChI is InChI=1S/C12H17F5O4/c1-4-10(2,3)9(19)21-6-5-20-8(18)7-11(13,14)12(15,16)17/h4-7H2,1-3H3. The highest BCUT2D eigenvalue weighted by atomic mass is 19.4. The summed E-state index contributed by atoms with van der Waals surface area (Å²) < 4.78 is 69.4. The van der Waals surface area contributed by atoms with Crippen LogP contribution in [-0.4, -0.2) is 37.3 Å². The number of carbonyl (C=O) groups excluding carboxylic acids is 2. The van der Waals surface area contributed by atoms with E-state index < -0.39 is 49.1 Å². The first kappa shape index (κ1) is 19.6. The summed E-state index contributed by atoms with van der Waals surface area (Å²) in [5.41, 5.74) is -0.757. The first-order valence-electron chi connectivity index (χ1n) is 6.11. The molecule has 0 aromatic carbocycles. The van der Waals surface area contributed by atoms with Gasteiger partial charge in [0.05, 0.1) is 5.41 Å². The molecule has 0 saturated heterocycles. The Morgan fingerprint density at radius 1 is 0.952 bits per heavy atom. The summed E-state index contributed by atoms with van der Waals surface area (Å²) in [6, 6.07) is 0. The zero-order valence-corrected chi connectivity index (χ0v) is 11.9. The average Bonchev–Trinajstić information content (AvgIpc) is 2.32. The lowest BCUT2D eigenvalue weighted by molar-refractivity contribution is -0.284. The molecule has 0 aliphatic heterocycles. The van der Waals surface area contributed by atoms with Gasteiger partial charge in [-0.1, -0.05) is 6.92 Å². The number of esters is 2. The molecule has 124 valence electrons. The Morgan fingerprint density at radius 3 is 1.86 bits per heavy atom. The van der Waals surface area contributed by atoms with Gasteiger partial charge in [-0.2, -0.15) is 22.0 Å². The Balaban J connectivity index is 4.11. The van der Waals surface area contributed by atoms with Crippen molar-refractivity contribution in [1.82, 2.24) is 0 Å². The lowest BCUT2D eigenvalue weighted by atomic mass is 9.91. The quantitative estimate of drug-likeness (QED) is 0.411. The van der Waals surface area contributed by atoms with Crippen LogP contribution < -0.4 is 0 Å². The normalized spacial score (nSPS) is 13.0. The SMILES string of the molecule is CCC(C)(C)C(=O)OCCOC(=O)CC(F)(F)C(F)(F)F. The smallest absolute Gasteiger partial charge is 0.453 e. The van der Waals surface area contributed by atoms with Crippen molar-refractivity contribution in [3.05, 3.63) is 0 Å². The van der Waals surface area contributed by atoms with Crippen molar-refractivity contribution in [1.29, 1.82) is 0 Å². The van der Waals surface area contributed by atoms with Gasteiger partial charge in [-0.3, -0.25) is 9.59 Å². The molecule has 21 heavy (non-hydrogen) atoms. The van der Waals surface area contributed by atoms with E-state index in [1.807, 2.05) is 0 Å². The molecule has 0 radical (unpaired) electrons. The van der Waals surface area contributed by atoms with Crippen LogP contribution in [0.2, 0.25) is 0 Å². The maximum Gasteiger partial charge on any atom is 0.453 e. The molecular formula is C12H17F5O4. The van der Waals surface area contributed by atoms with E-state index in [1.165, 1.54) is 0 Å². The second-order valence-electron chi connectivity index (χ2n) is 4.97. The summed E-state index contributed by atoms with van der Waals surface area (Å²) in [4.78, 5) is 22.3. The second-order valence-corrected chi connectivity index (χ2v) is 4.97. The fraction of sp³-hybridized carbons (Fsp3) is 0.833. The minimum absolute atomic E-state index is 0.411. The molecule has 0 unspecified atom stereocenters. The van der Waals surface area contributed by atoms with Crippen LogP contribution in [0.4, 0.5) is 22.0 Å². The largest absolute Gasteiger partial charge is 0.462 e. The van der Waals surface area contributed by atoms with Gasteiger partial charge >= 0.3 is 24.0 Å². The molecule has 0 aliphatic carbocycles. The molecule has 0 spiro atoms. The van der Waals surface area contributed by atoms with Crippen LogP contribution in [0.1, 0.15) is 33.6 Å². The molecule has 4 nitrogen and oxygen atoms in total. The average molecular weight is 320 g/mol. The summed E-state index contributed by atoms with van der Waals surface area (Å²) in [5.74, 6) is -7.45. The number of ether oxygens (including phenoxy) is 2. The van der Waals surface area contributed by atoms with Crippen LogP contribution in [0.3, 0.4) is 0 Å². The lowest BCUT2D eigenvalue weighted by Gasteiger charge is -2.20. The molecule has 0 atom stereocenters. The van der Waals surface area contributed by atoms with Crippen molar-refractivity contribution in [3.63, 3.8) is 0 Å². The molecule has 0 aromatic rings. The topological polar surface area (TPSA) is 52.6 Å². The summed E-state index contributed by atoms with van der Waals surface area (Å²) in [6.45, 7) is 3.99. The minimum atomic E-state index is -5.82. The Labute approximate surface area is 118 Å². The molecule has 0 heterocycles. The number of alkyl halides is 5. The third-order valence-electron chi connectivity index (χ3n) is 2.80. The van der Waals surface area contributed by atoms with Gasteiger partial charge in [-0.15, -0.1) is 0 Å². The van der Waals surface area contributed by atoms with Crippen LogP contribution >= 0.6 is 0 Å². The number of halogens is 5. The Kier molecular flexibility index (Phi) is 6.56. The highest BCUT2D eigenvalue weighted by molar-refractivity contribution is 5.75. The number of carbonyl (C=O) groups is 2. The van der Waals surface area contributed by atoms with Crippen LogP contribution in [0.15, 0.2) is 0 Å². The van der Waals surface area contributed by atoms with E-state index in [-0.39, 0.29) is 0 Å². The van der Waals surface area contributed by atoms with E-state index in [9.17, 15) is 31.5 Å². The van der Waals surface area contributed by atoms with Crippen LogP contribution in [0, 0.1) is 5.41 Å².